The Kier molecular flexibility index (Phi) is 5.65. The Morgan fingerprint density at radius 1 is 1.38 bits per heavy atom. The molecule has 0 N–H and O–H groups in total. The number of thioether (sulfide) groups is 1. The predicted octanol–water partition coefficient (Wildman–Crippen LogP) is 1.99. The fourth-order valence-corrected chi connectivity index (χ4v) is 9.02. The van der Waals surface area contributed by atoms with Gasteiger partial charge in [-0.05, 0) is 11.4 Å². The number of hydrogen-bond acceptors (Lipinski definition) is 6. The third kappa shape index (κ3) is 3.42. The average molecular weight is 390 g/mol. The molecule has 1 aromatic rings. The third-order valence-electron chi connectivity index (χ3n) is 3.27. The summed E-state index contributed by atoms with van der Waals surface area (Å²) in [7, 11) is -7.30. The van der Waals surface area contributed by atoms with Crippen LogP contribution >= 0.6 is 34.7 Å². The highest BCUT2D eigenvalue weighted by molar-refractivity contribution is 8.01. The van der Waals surface area contributed by atoms with Crippen molar-refractivity contribution in [3.63, 3.8) is 0 Å². The molecule has 0 spiro atoms. The Labute approximate surface area is 138 Å². The van der Waals surface area contributed by atoms with Crippen LogP contribution < -0.4 is 0 Å². The monoisotopic (exact) mass is 389 g/mol. The molecule has 21 heavy (non-hydrogen) atoms. The molecule has 1 aliphatic heterocycles. The van der Waals surface area contributed by atoms with Crippen molar-refractivity contribution in [1.82, 2.24) is 4.31 Å². The zero-order chi connectivity index (χ0) is 15.7. The highest BCUT2D eigenvalue weighted by atomic mass is 35.5. The molecule has 2 rings (SSSR count). The minimum absolute atomic E-state index is 0.0732. The molecular formula is C11H16ClNO4S4. The van der Waals surface area contributed by atoms with Gasteiger partial charge in [-0.3, -0.25) is 0 Å². The summed E-state index contributed by atoms with van der Waals surface area (Å²) >= 11 is 8.50. The third-order valence-corrected chi connectivity index (χ3v) is 10.2. The van der Waals surface area contributed by atoms with Crippen LogP contribution in [0.15, 0.2) is 16.3 Å². The number of rotatable bonds is 5. The largest absolute Gasteiger partial charge is 0.245 e. The summed E-state index contributed by atoms with van der Waals surface area (Å²) in [6.07, 6.45) is 0. The van der Waals surface area contributed by atoms with Crippen LogP contribution in [0.25, 0.3) is 0 Å². The van der Waals surface area contributed by atoms with Gasteiger partial charge in [-0.15, -0.1) is 22.9 Å². The van der Waals surface area contributed by atoms with Crippen LogP contribution in [-0.2, 0) is 25.7 Å². The van der Waals surface area contributed by atoms with E-state index in [-0.39, 0.29) is 28.8 Å². The van der Waals surface area contributed by atoms with Gasteiger partial charge in [0.15, 0.2) is 9.84 Å². The number of alkyl halides is 1. The van der Waals surface area contributed by atoms with E-state index in [4.69, 9.17) is 11.6 Å². The van der Waals surface area contributed by atoms with Crippen molar-refractivity contribution < 1.29 is 16.8 Å². The molecule has 1 atom stereocenters. The zero-order valence-electron chi connectivity index (χ0n) is 11.4. The summed E-state index contributed by atoms with van der Waals surface area (Å²) < 4.78 is 51.1. The molecule has 0 amide bonds. The first-order valence-corrected chi connectivity index (χ1v) is 12.0. The van der Waals surface area contributed by atoms with Crippen LogP contribution in [0.3, 0.4) is 0 Å². The molecule has 10 heteroatoms. The minimum atomic E-state index is -3.84. The number of halogens is 1. The molecule has 0 radical (unpaired) electrons. The quantitative estimate of drug-likeness (QED) is 0.720. The molecule has 1 unspecified atom stereocenters. The number of sulfonamides is 1. The average Bonchev–Trinajstić information content (AvgIpc) is 2.96. The molecule has 1 fully saturated rings. The summed E-state index contributed by atoms with van der Waals surface area (Å²) in [4.78, 5) is 0.674. The lowest BCUT2D eigenvalue weighted by atomic mass is 10.5. The number of thiophene rings is 1. The second-order valence-electron chi connectivity index (χ2n) is 4.44. The van der Waals surface area contributed by atoms with Gasteiger partial charge < -0.3 is 0 Å². The van der Waals surface area contributed by atoms with E-state index >= 15 is 0 Å². The molecule has 0 aromatic carbocycles. The van der Waals surface area contributed by atoms with Gasteiger partial charge in [-0.25, -0.2) is 16.8 Å². The van der Waals surface area contributed by atoms with Crippen LogP contribution in [0.5, 0.6) is 0 Å². The lowest BCUT2D eigenvalue weighted by Gasteiger charge is -2.33. The van der Waals surface area contributed by atoms with E-state index < -0.39 is 25.2 Å². The van der Waals surface area contributed by atoms with E-state index in [2.05, 4.69) is 0 Å². The molecule has 5 nitrogen and oxygen atoms in total. The molecule has 1 aliphatic rings. The maximum atomic E-state index is 12.8. The van der Waals surface area contributed by atoms with E-state index in [0.717, 1.165) is 4.31 Å². The SMILES string of the molecule is CCS(=O)(=O)C1CSCCN1S(=O)(=O)c1ccsc1CCl. The molecule has 120 valence electrons. The second-order valence-corrected chi connectivity index (χ2v) is 11.2. The van der Waals surface area contributed by atoms with Gasteiger partial charge in [-0.2, -0.15) is 16.1 Å². The lowest BCUT2D eigenvalue weighted by molar-refractivity contribution is 0.403. The van der Waals surface area contributed by atoms with Gasteiger partial charge in [-0.1, -0.05) is 6.92 Å². The predicted molar refractivity (Wildman–Crippen MR) is 88.3 cm³/mol. The summed E-state index contributed by atoms with van der Waals surface area (Å²) in [5, 5.41) is 0.668. The van der Waals surface area contributed by atoms with E-state index in [1.807, 2.05) is 0 Å². The Bertz CT molecular complexity index is 698. The maximum Gasteiger partial charge on any atom is 0.245 e. The van der Waals surface area contributed by atoms with Crippen molar-refractivity contribution in [3.05, 3.63) is 16.3 Å². The van der Waals surface area contributed by atoms with Crippen molar-refractivity contribution in [2.45, 2.75) is 23.1 Å². The van der Waals surface area contributed by atoms with E-state index in [0.29, 0.717) is 10.6 Å². The topological polar surface area (TPSA) is 71.5 Å². The van der Waals surface area contributed by atoms with Gasteiger partial charge >= 0.3 is 0 Å². The summed E-state index contributed by atoms with van der Waals surface area (Å²) in [5.74, 6) is 0.890. The highest BCUT2D eigenvalue weighted by Crippen LogP contribution is 2.32. The smallest absolute Gasteiger partial charge is 0.227 e. The minimum Gasteiger partial charge on any atom is -0.227 e. The maximum absolute atomic E-state index is 12.8. The van der Waals surface area contributed by atoms with Crippen LogP contribution in [0.2, 0.25) is 0 Å². The second kappa shape index (κ2) is 6.76. The highest BCUT2D eigenvalue weighted by Gasteiger charge is 2.41. The van der Waals surface area contributed by atoms with Crippen molar-refractivity contribution in [2.24, 2.45) is 0 Å². The standard InChI is InChI=1S/C11H16ClNO4S4/c1-2-20(14,15)11-8-18-6-4-13(11)21(16,17)10-3-5-19-9(10)7-12/h3,5,11H,2,4,6-8H2,1H3. The Hall–Kier alpha value is 0.200. The Balaban J connectivity index is 2.46. The first kappa shape index (κ1) is 17.6. The molecule has 1 saturated heterocycles. The first-order valence-electron chi connectivity index (χ1n) is 6.28. The number of sulfone groups is 1. The summed E-state index contributed by atoms with van der Waals surface area (Å²) in [5.41, 5.74) is 0. The number of nitrogens with zero attached hydrogens (tertiary/aromatic N) is 1. The number of hydrogen-bond donors (Lipinski definition) is 0. The fraction of sp³-hybridized carbons (Fsp3) is 0.636. The molecule has 0 saturated carbocycles. The van der Waals surface area contributed by atoms with Crippen molar-refractivity contribution in [3.8, 4) is 0 Å². The Morgan fingerprint density at radius 2 is 2.10 bits per heavy atom. The summed E-state index contributed by atoms with van der Waals surface area (Å²) in [6, 6.07) is 1.50. The van der Waals surface area contributed by atoms with Crippen molar-refractivity contribution in [2.75, 3.05) is 23.8 Å². The van der Waals surface area contributed by atoms with E-state index in [9.17, 15) is 16.8 Å². The van der Waals surface area contributed by atoms with Crippen LogP contribution in [0.1, 0.15) is 11.8 Å². The lowest BCUT2D eigenvalue weighted by Crippen LogP contribution is -2.50. The van der Waals surface area contributed by atoms with Gasteiger partial charge in [0.25, 0.3) is 0 Å². The normalized spacial score (nSPS) is 21.5. The van der Waals surface area contributed by atoms with Crippen LogP contribution in [0.4, 0.5) is 0 Å². The molecule has 1 aromatic heterocycles. The molecule has 2 heterocycles. The summed E-state index contributed by atoms with van der Waals surface area (Å²) in [6.45, 7) is 1.74. The Morgan fingerprint density at radius 3 is 2.71 bits per heavy atom. The van der Waals surface area contributed by atoms with Crippen molar-refractivity contribution >= 4 is 54.6 Å². The zero-order valence-corrected chi connectivity index (χ0v) is 15.4. The first-order chi connectivity index (χ1) is 9.84. The van der Waals surface area contributed by atoms with Crippen LogP contribution in [-0.4, -0.2) is 50.3 Å². The molecular weight excluding hydrogens is 374 g/mol. The van der Waals surface area contributed by atoms with E-state index in [1.54, 1.807) is 5.38 Å². The fourth-order valence-electron chi connectivity index (χ4n) is 2.10. The van der Waals surface area contributed by atoms with Gasteiger partial charge in [0.2, 0.25) is 10.0 Å². The van der Waals surface area contributed by atoms with Crippen molar-refractivity contribution in [1.29, 1.82) is 0 Å². The van der Waals surface area contributed by atoms with Gasteiger partial charge in [0.1, 0.15) is 5.37 Å². The van der Waals surface area contributed by atoms with Gasteiger partial charge in [0, 0.05) is 28.7 Å². The van der Waals surface area contributed by atoms with Gasteiger partial charge in [0.05, 0.1) is 10.8 Å². The van der Waals surface area contributed by atoms with E-state index in [1.165, 1.54) is 36.1 Å². The molecule has 0 bridgehead atoms. The van der Waals surface area contributed by atoms with Crippen LogP contribution in [0, 0.1) is 0 Å². The molecule has 0 aliphatic carbocycles.